The number of nitrogens with zero attached hydrogens (tertiary/aromatic N) is 2. The zero-order valence-electron chi connectivity index (χ0n) is 10.2. The third kappa shape index (κ3) is 2.49. The van der Waals surface area contributed by atoms with Gasteiger partial charge in [-0.1, -0.05) is 5.16 Å². The largest absolute Gasteiger partial charge is 0.454 e. The summed E-state index contributed by atoms with van der Waals surface area (Å²) in [7, 11) is 0. The molecule has 0 aliphatic carbocycles. The van der Waals surface area contributed by atoms with Crippen molar-refractivity contribution in [3.63, 3.8) is 0 Å². The highest BCUT2D eigenvalue weighted by molar-refractivity contribution is 5.92. The van der Waals surface area contributed by atoms with Gasteiger partial charge in [0, 0.05) is 11.8 Å². The predicted octanol–water partition coefficient (Wildman–Crippen LogP) is 1.29. The van der Waals surface area contributed by atoms with Gasteiger partial charge < -0.3 is 19.3 Å². The number of rotatable bonds is 3. The number of ether oxygens (including phenoxy) is 2. The molecule has 19 heavy (non-hydrogen) atoms. The molecule has 0 atom stereocenters. The van der Waals surface area contributed by atoms with Crippen LogP contribution in [0.5, 0.6) is 11.5 Å². The van der Waals surface area contributed by atoms with Crippen LogP contribution in [-0.4, -0.2) is 22.8 Å². The summed E-state index contributed by atoms with van der Waals surface area (Å²) in [5.74, 6) is 1.85. The number of hydrogen-bond acceptors (Lipinski definition) is 6. The molecule has 0 saturated heterocycles. The minimum atomic E-state index is -0.234. The number of aryl methyl sites for hydroxylation is 1. The first-order valence-electron chi connectivity index (χ1n) is 5.69. The van der Waals surface area contributed by atoms with Crippen LogP contribution in [0.1, 0.15) is 11.7 Å². The van der Waals surface area contributed by atoms with Crippen LogP contribution in [-0.2, 0) is 11.2 Å². The van der Waals surface area contributed by atoms with E-state index in [2.05, 4.69) is 15.5 Å². The smallest absolute Gasteiger partial charge is 0.236 e. The monoisotopic (exact) mass is 261 g/mol. The number of hydrogen-bond donors (Lipinski definition) is 1. The first-order valence-corrected chi connectivity index (χ1v) is 5.69. The van der Waals surface area contributed by atoms with Gasteiger partial charge in [0.2, 0.25) is 18.6 Å². The minimum Gasteiger partial charge on any atom is -0.454 e. The molecule has 1 aromatic carbocycles. The first-order chi connectivity index (χ1) is 9.20. The van der Waals surface area contributed by atoms with Crippen molar-refractivity contribution in [3.8, 4) is 11.5 Å². The van der Waals surface area contributed by atoms with Crippen LogP contribution < -0.4 is 14.8 Å². The molecule has 1 amide bonds. The van der Waals surface area contributed by atoms with E-state index in [1.807, 2.05) is 0 Å². The van der Waals surface area contributed by atoms with Crippen LogP contribution in [0, 0.1) is 6.92 Å². The zero-order valence-corrected chi connectivity index (χ0v) is 10.2. The summed E-state index contributed by atoms with van der Waals surface area (Å²) in [6.45, 7) is 1.90. The van der Waals surface area contributed by atoms with E-state index in [0.29, 0.717) is 23.0 Å². The Kier molecular flexibility index (Phi) is 2.79. The normalized spacial score (nSPS) is 12.5. The number of fused-ring (bicyclic) bond motifs is 1. The van der Waals surface area contributed by atoms with Crippen molar-refractivity contribution in [2.24, 2.45) is 0 Å². The van der Waals surface area contributed by atoms with Gasteiger partial charge in [-0.15, -0.1) is 0 Å². The van der Waals surface area contributed by atoms with Crippen LogP contribution in [0.2, 0.25) is 0 Å². The highest BCUT2D eigenvalue weighted by Crippen LogP contribution is 2.34. The number of amides is 1. The van der Waals surface area contributed by atoms with E-state index in [4.69, 9.17) is 14.0 Å². The lowest BCUT2D eigenvalue weighted by Crippen LogP contribution is -2.14. The lowest BCUT2D eigenvalue weighted by Gasteiger charge is -2.04. The molecule has 1 aromatic heterocycles. The second-order valence-corrected chi connectivity index (χ2v) is 4.03. The summed E-state index contributed by atoms with van der Waals surface area (Å²) in [4.78, 5) is 15.7. The standard InChI is InChI=1S/C12H11N3O4/c1-7-13-12(19-15-7)5-11(16)14-8-2-3-9-10(4-8)18-6-17-9/h2-4H,5-6H2,1H3,(H,14,16). The minimum absolute atomic E-state index is 0.0370. The molecule has 1 N–H and O–H groups in total. The van der Waals surface area contributed by atoms with Crippen LogP contribution >= 0.6 is 0 Å². The highest BCUT2D eigenvalue weighted by Gasteiger charge is 2.15. The Labute approximate surface area is 108 Å². The SMILES string of the molecule is Cc1noc(CC(=O)Nc2ccc3c(c2)OCO3)n1. The van der Waals surface area contributed by atoms with Crippen molar-refractivity contribution in [2.45, 2.75) is 13.3 Å². The van der Waals surface area contributed by atoms with Crippen molar-refractivity contribution in [3.05, 3.63) is 29.9 Å². The maximum absolute atomic E-state index is 11.8. The molecular formula is C12H11N3O4. The fourth-order valence-electron chi connectivity index (χ4n) is 1.73. The Bertz CT molecular complexity index is 623. The molecule has 3 rings (SSSR count). The first kappa shape index (κ1) is 11.5. The van der Waals surface area contributed by atoms with Crippen LogP contribution in [0.25, 0.3) is 0 Å². The fourth-order valence-corrected chi connectivity index (χ4v) is 1.73. The molecule has 0 fully saturated rings. The fraction of sp³-hybridized carbons (Fsp3) is 0.250. The molecule has 0 spiro atoms. The summed E-state index contributed by atoms with van der Waals surface area (Å²) < 4.78 is 15.3. The maximum Gasteiger partial charge on any atom is 0.236 e. The summed E-state index contributed by atoms with van der Waals surface area (Å²) in [5, 5.41) is 6.35. The van der Waals surface area contributed by atoms with Crippen molar-refractivity contribution < 1.29 is 18.8 Å². The third-order valence-corrected chi connectivity index (χ3v) is 2.54. The second-order valence-electron chi connectivity index (χ2n) is 4.03. The number of aromatic nitrogens is 2. The van der Waals surface area contributed by atoms with Gasteiger partial charge in [-0.05, 0) is 19.1 Å². The average Bonchev–Trinajstić information content (AvgIpc) is 2.97. The number of carbonyl (C=O) groups excluding carboxylic acids is 1. The van der Waals surface area contributed by atoms with Crippen LogP contribution in [0.3, 0.4) is 0 Å². The summed E-state index contributed by atoms with van der Waals surface area (Å²) >= 11 is 0. The summed E-state index contributed by atoms with van der Waals surface area (Å²) in [5.41, 5.74) is 0.630. The molecule has 0 saturated carbocycles. The van der Waals surface area contributed by atoms with Gasteiger partial charge >= 0.3 is 0 Å². The molecule has 7 heteroatoms. The number of nitrogens with one attached hydrogen (secondary N) is 1. The van der Waals surface area contributed by atoms with Gasteiger partial charge in [0.1, 0.15) is 6.42 Å². The summed E-state index contributed by atoms with van der Waals surface area (Å²) in [6, 6.07) is 5.19. The van der Waals surface area contributed by atoms with Gasteiger partial charge in [-0.2, -0.15) is 4.98 Å². The second kappa shape index (κ2) is 4.60. The van der Waals surface area contributed by atoms with Gasteiger partial charge in [0.05, 0.1) is 0 Å². The van der Waals surface area contributed by atoms with Crippen molar-refractivity contribution in [1.82, 2.24) is 10.1 Å². The van der Waals surface area contributed by atoms with Gasteiger partial charge in [0.15, 0.2) is 17.3 Å². The Balaban J connectivity index is 1.66. The van der Waals surface area contributed by atoms with E-state index in [0.717, 1.165) is 0 Å². The van der Waals surface area contributed by atoms with E-state index >= 15 is 0 Å². The van der Waals surface area contributed by atoms with Gasteiger partial charge in [-0.25, -0.2) is 0 Å². The molecule has 0 bridgehead atoms. The molecule has 1 aliphatic rings. The molecule has 0 unspecified atom stereocenters. The van der Waals surface area contributed by atoms with Crippen LogP contribution in [0.15, 0.2) is 22.7 Å². The molecule has 1 aliphatic heterocycles. The van der Waals surface area contributed by atoms with E-state index in [9.17, 15) is 4.79 Å². The van der Waals surface area contributed by atoms with E-state index < -0.39 is 0 Å². The molecule has 2 aromatic rings. The molecule has 7 nitrogen and oxygen atoms in total. The molecular weight excluding hydrogens is 250 g/mol. The van der Waals surface area contributed by atoms with Crippen molar-refractivity contribution >= 4 is 11.6 Å². The molecule has 98 valence electrons. The van der Waals surface area contributed by atoms with Crippen molar-refractivity contribution in [1.29, 1.82) is 0 Å². The molecule has 2 heterocycles. The van der Waals surface area contributed by atoms with E-state index in [1.54, 1.807) is 25.1 Å². The highest BCUT2D eigenvalue weighted by atomic mass is 16.7. The lowest BCUT2D eigenvalue weighted by atomic mass is 10.2. The number of carbonyl (C=O) groups is 1. The lowest BCUT2D eigenvalue weighted by molar-refractivity contribution is -0.115. The Hall–Kier alpha value is -2.57. The molecule has 0 radical (unpaired) electrons. The Morgan fingerprint density at radius 1 is 1.37 bits per heavy atom. The van der Waals surface area contributed by atoms with Crippen molar-refractivity contribution in [2.75, 3.05) is 12.1 Å². The number of benzene rings is 1. The third-order valence-electron chi connectivity index (χ3n) is 2.54. The van der Waals surface area contributed by atoms with E-state index in [1.165, 1.54) is 0 Å². The van der Waals surface area contributed by atoms with Crippen LogP contribution in [0.4, 0.5) is 5.69 Å². The Morgan fingerprint density at radius 3 is 3.00 bits per heavy atom. The topological polar surface area (TPSA) is 86.5 Å². The average molecular weight is 261 g/mol. The maximum atomic E-state index is 11.8. The number of anilines is 1. The van der Waals surface area contributed by atoms with E-state index in [-0.39, 0.29) is 25.0 Å². The van der Waals surface area contributed by atoms with Gasteiger partial charge in [0.25, 0.3) is 0 Å². The Morgan fingerprint density at radius 2 is 2.21 bits per heavy atom. The quantitative estimate of drug-likeness (QED) is 0.895. The zero-order chi connectivity index (χ0) is 13.2. The van der Waals surface area contributed by atoms with Gasteiger partial charge in [-0.3, -0.25) is 4.79 Å². The predicted molar refractivity (Wildman–Crippen MR) is 63.9 cm³/mol. The summed E-state index contributed by atoms with van der Waals surface area (Å²) in [6.07, 6.45) is 0.0370.